The van der Waals surface area contributed by atoms with Gasteiger partial charge in [0.2, 0.25) is 0 Å². The number of hydrogen-bond acceptors (Lipinski definition) is 3. The van der Waals surface area contributed by atoms with E-state index in [1.54, 1.807) is 41.3 Å². The van der Waals surface area contributed by atoms with E-state index in [0.29, 0.717) is 29.5 Å². The highest BCUT2D eigenvalue weighted by molar-refractivity contribution is 7.80. The Morgan fingerprint density at radius 1 is 1.00 bits per heavy atom. The Bertz CT molecular complexity index is 764. The molecule has 0 bridgehead atoms. The van der Waals surface area contributed by atoms with Gasteiger partial charge in [0.15, 0.2) is 5.11 Å². The first kappa shape index (κ1) is 20.6. The second-order valence-corrected chi connectivity index (χ2v) is 5.95. The molecule has 2 aromatic rings. The number of alkyl halides is 2. The Kier molecular flexibility index (Phi) is 7.48. The molecule has 2 rings (SSSR count). The van der Waals surface area contributed by atoms with Crippen molar-refractivity contribution in [2.45, 2.75) is 20.5 Å². The van der Waals surface area contributed by atoms with Crippen LogP contribution in [0, 0.1) is 0 Å². The molecule has 0 aliphatic carbocycles. The van der Waals surface area contributed by atoms with Crippen molar-refractivity contribution < 1.29 is 18.3 Å². The summed E-state index contributed by atoms with van der Waals surface area (Å²) in [5.41, 5.74) is 1.96. The van der Waals surface area contributed by atoms with Gasteiger partial charge in [0, 0.05) is 30.0 Å². The van der Waals surface area contributed by atoms with Crippen LogP contribution < -0.4 is 15.4 Å². The first-order chi connectivity index (χ1) is 12.9. The van der Waals surface area contributed by atoms with Gasteiger partial charge in [-0.1, -0.05) is 0 Å². The molecule has 0 aromatic heterocycles. The van der Waals surface area contributed by atoms with E-state index in [0.717, 1.165) is 5.69 Å². The standard InChI is InChI=1S/C19H21F2N3O2S/c1-3-24(4-2)17(25)13-5-7-14(8-6-13)22-19(27)23-15-9-11-16(12-10-15)26-18(20)21/h5-12,18H,3-4H2,1-2H3,(H2,22,23,27). The van der Waals surface area contributed by atoms with Crippen molar-refractivity contribution in [2.75, 3.05) is 23.7 Å². The van der Waals surface area contributed by atoms with Crippen molar-refractivity contribution in [3.8, 4) is 5.75 Å². The van der Waals surface area contributed by atoms with Gasteiger partial charge in [-0.15, -0.1) is 0 Å². The molecular formula is C19H21F2N3O2S. The molecule has 2 aromatic carbocycles. The van der Waals surface area contributed by atoms with E-state index in [1.807, 2.05) is 13.8 Å². The summed E-state index contributed by atoms with van der Waals surface area (Å²) in [5, 5.41) is 6.29. The lowest BCUT2D eigenvalue weighted by molar-refractivity contribution is -0.0498. The topological polar surface area (TPSA) is 53.6 Å². The van der Waals surface area contributed by atoms with Crippen molar-refractivity contribution in [2.24, 2.45) is 0 Å². The van der Waals surface area contributed by atoms with Crippen molar-refractivity contribution in [3.05, 3.63) is 54.1 Å². The van der Waals surface area contributed by atoms with Gasteiger partial charge in [0.1, 0.15) is 5.75 Å². The van der Waals surface area contributed by atoms with Gasteiger partial charge in [0.05, 0.1) is 0 Å². The average Bonchev–Trinajstić information content (AvgIpc) is 2.64. The SMILES string of the molecule is CCN(CC)C(=O)c1ccc(NC(=S)Nc2ccc(OC(F)F)cc2)cc1. The summed E-state index contributed by atoms with van der Waals surface area (Å²) >= 11 is 5.24. The summed E-state index contributed by atoms with van der Waals surface area (Å²) in [5.74, 6) is 0.0567. The van der Waals surface area contributed by atoms with Crippen LogP contribution in [0.5, 0.6) is 5.75 Å². The highest BCUT2D eigenvalue weighted by Crippen LogP contribution is 2.18. The fraction of sp³-hybridized carbons (Fsp3) is 0.263. The molecule has 1 amide bonds. The smallest absolute Gasteiger partial charge is 0.387 e. The fourth-order valence-corrected chi connectivity index (χ4v) is 2.64. The molecule has 0 aliphatic heterocycles. The number of thiocarbonyl (C=S) groups is 1. The lowest BCUT2D eigenvalue weighted by atomic mass is 10.2. The maximum atomic E-state index is 12.3. The van der Waals surface area contributed by atoms with Gasteiger partial charge in [0.25, 0.3) is 5.91 Å². The van der Waals surface area contributed by atoms with Gasteiger partial charge in [-0.3, -0.25) is 4.79 Å². The molecule has 0 atom stereocenters. The molecular weight excluding hydrogens is 372 g/mol. The number of hydrogen-bond donors (Lipinski definition) is 2. The third-order valence-electron chi connectivity index (χ3n) is 3.78. The predicted octanol–water partition coefficient (Wildman–Crippen LogP) is 4.58. The summed E-state index contributed by atoms with van der Waals surface area (Å²) in [6.45, 7) is 2.33. The van der Waals surface area contributed by atoms with E-state index in [4.69, 9.17) is 12.2 Å². The molecule has 0 spiro atoms. The first-order valence-corrected chi connectivity index (χ1v) is 8.86. The number of nitrogens with zero attached hydrogens (tertiary/aromatic N) is 1. The van der Waals surface area contributed by atoms with Crippen molar-refractivity contribution in [3.63, 3.8) is 0 Å². The lowest BCUT2D eigenvalue weighted by Crippen LogP contribution is -2.30. The van der Waals surface area contributed by atoms with Crippen LogP contribution in [0.3, 0.4) is 0 Å². The molecule has 0 heterocycles. The highest BCUT2D eigenvalue weighted by Gasteiger charge is 2.12. The zero-order valence-electron chi connectivity index (χ0n) is 15.0. The Morgan fingerprint density at radius 2 is 1.48 bits per heavy atom. The van der Waals surface area contributed by atoms with Crippen molar-refractivity contribution in [1.29, 1.82) is 0 Å². The Balaban J connectivity index is 1.93. The normalized spacial score (nSPS) is 10.4. The van der Waals surface area contributed by atoms with E-state index >= 15 is 0 Å². The summed E-state index contributed by atoms with van der Waals surface area (Å²) in [7, 11) is 0. The Labute approximate surface area is 162 Å². The van der Waals surface area contributed by atoms with Gasteiger partial charge in [-0.05, 0) is 74.6 Å². The number of rotatable bonds is 7. The van der Waals surface area contributed by atoms with E-state index in [1.165, 1.54) is 12.1 Å². The second-order valence-electron chi connectivity index (χ2n) is 5.54. The van der Waals surface area contributed by atoms with Gasteiger partial charge < -0.3 is 20.3 Å². The van der Waals surface area contributed by atoms with Gasteiger partial charge in [-0.25, -0.2) is 0 Å². The minimum absolute atomic E-state index is 0.0154. The molecule has 0 aliphatic rings. The van der Waals surface area contributed by atoms with Crippen LogP contribution in [0.25, 0.3) is 0 Å². The summed E-state index contributed by atoms with van der Waals surface area (Å²) in [4.78, 5) is 14.0. The number of carbonyl (C=O) groups is 1. The molecule has 0 fully saturated rings. The summed E-state index contributed by atoms with van der Waals surface area (Å²) < 4.78 is 28.6. The Morgan fingerprint density at radius 3 is 1.93 bits per heavy atom. The van der Waals surface area contributed by atoms with Gasteiger partial charge in [-0.2, -0.15) is 8.78 Å². The number of ether oxygens (including phenoxy) is 1. The molecule has 0 unspecified atom stereocenters. The average molecular weight is 393 g/mol. The highest BCUT2D eigenvalue weighted by atomic mass is 32.1. The maximum Gasteiger partial charge on any atom is 0.387 e. The van der Waals surface area contributed by atoms with Crippen molar-refractivity contribution in [1.82, 2.24) is 4.90 Å². The van der Waals surface area contributed by atoms with Crippen LogP contribution >= 0.6 is 12.2 Å². The van der Waals surface area contributed by atoms with Crippen molar-refractivity contribution >= 4 is 34.6 Å². The van der Waals surface area contributed by atoms with Crippen LogP contribution in [0.1, 0.15) is 24.2 Å². The van der Waals surface area contributed by atoms with Crippen LogP contribution in [0.2, 0.25) is 0 Å². The van der Waals surface area contributed by atoms with E-state index in [2.05, 4.69) is 15.4 Å². The minimum Gasteiger partial charge on any atom is -0.435 e. The van der Waals surface area contributed by atoms with Crippen LogP contribution in [-0.2, 0) is 0 Å². The number of benzene rings is 2. The number of anilines is 2. The third kappa shape index (κ3) is 6.18. The molecule has 0 radical (unpaired) electrons. The largest absolute Gasteiger partial charge is 0.435 e. The molecule has 0 saturated carbocycles. The third-order valence-corrected chi connectivity index (χ3v) is 3.98. The number of carbonyl (C=O) groups excluding carboxylic acids is 1. The first-order valence-electron chi connectivity index (χ1n) is 8.45. The molecule has 144 valence electrons. The van der Waals surface area contributed by atoms with Crippen LogP contribution in [-0.4, -0.2) is 35.6 Å². The van der Waals surface area contributed by atoms with E-state index < -0.39 is 6.61 Å². The zero-order valence-corrected chi connectivity index (χ0v) is 15.9. The molecule has 27 heavy (non-hydrogen) atoms. The van der Waals surface area contributed by atoms with Gasteiger partial charge >= 0.3 is 6.61 Å². The zero-order chi connectivity index (χ0) is 19.8. The molecule has 8 heteroatoms. The number of amides is 1. The minimum atomic E-state index is -2.86. The van der Waals surface area contributed by atoms with Crippen LogP contribution in [0.4, 0.5) is 20.2 Å². The molecule has 5 nitrogen and oxygen atoms in total. The quantitative estimate of drug-likeness (QED) is 0.675. The molecule has 0 saturated heterocycles. The maximum absolute atomic E-state index is 12.3. The summed E-state index contributed by atoms with van der Waals surface area (Å²) in [6, 6.07) is 13.0. The summed E-state index contributed by atoms with van der Waals surface area (Å²) in [6.07, 6.45) is 0. The Hall–Kier alpha value is -2.74. The molecule has 2 N–H and O–H groups in total. The van der Waals surface area contributed by atoms with Crippen LogP contribution in [0.15, 0.2) is 48.5 Å². The fourth-order valence-electron chi connectivity index (χ4n) is 2.40. The monoisotopic (exact) mass is 393 g/mol. The predicted molar refractivity (Wildman–Crippen MR) is 107 cm³/mol. The number of nitrogens with one attached hydrogen (secondary N) is 2. The van der Waals surface area contributed by atoms with E-state index in [-0.39, 0.29) is 11.7 Å². The van der Waals surface area contributed by atoms with E-state index in [9.17, 15) is 13.6 Å². The number of halogens is 2. The lowest BCUT2D eigenvalue weighted by Gasteiger charge is -2.18. The second kappa shape index (κ2) is 9.82.